The maximum Gasteiger partial charge on any atom is 0.519 e. The molecule has 1 amide bonds. The van der Waals surface area contributed by atoms with Gasteiger partial charge in [-0.1, -0.05) is 0 Å². The van der Waals surface area contributed by atoms with Crippen molar-refractivity contribution < 1.29 is 42.9 Å². The minimum absolute atomic E-state index is 0.346. The van der Waals surface area contributed by atoms with Crippen molar-refractivity contribution in [3.05, 3.63) is 16.3 Å². The Bertz CT molecular complexity index is 769. The molecule has 0 aromatic carbocycles. The van der Waals surface area contributed by atoms with Crippen molar-refractivity contribution in [3.63, 3.8) is 0 Å². The van der Waals surface area contributed by atoms with Crippen LogP contribution in [0.2, 0.25) is 0 Å². The second-order valence-electron chi connectivity index (χ2n) is 9.31. The molecule has 0 unspecified atom stereocenters. The molecule has 0 fully saturated rings. The second-order valence-corrected chi connectivity index (χ2v) is 10.2. The summed E-state index contributed by atoms with van der Waals surface area (Å²) < 4.78 is 23.5. The topological polar surface area (TPSA) is 126 Å². The number of carbonyl (C=O) groups is 4. The van der Waals surface area contributed by atoms with Gasteiger partial charge in [0.2, 0.25) is 0 Å². The lowest BCUT2D eigenvalue weighted by atomic mass is 10.2. The van der Waals surface area contributed by atoms with Crippen LogP contribution in [-0.4, -0.2) is 48.3 Å². The van der Waals surface area contributed by atoms with Crippen molar-refractivity contribution in [1.82, 2.24) is 0 Å². The van der Waals surface area contributed by atoms with Crippen molar-refractivity contribution >= 4 is 41.4 Å². The normalized spacial score (nSPS) is 11.3. The van der Waals surface area contributed by atoms with E-state index in [2.05, 4.69) is 14.8 Å². The Morgan fingerprint density at radius 3 is 1.59 bits per heavy atom. The van der Waals surface area contributed by atoms with E-state index in [4.69, 9.17) is 14.2 Å². The number of esters is 1. The first-order valence-corrected chi connectivity index (χ1v) is 10.5. The van der Waals surface area contributed by atoms with Crippen LogP contribution in [0, 0.1) is 0 Å². The molecule has 0 saturated heterocycles. The van der Waals surface area contributed by atoms with Crippen LogP contribution >= 0.6 is 11.3 Å². The molecule has 1 heterocycles. The van der Waals surface area contributed by atoms with Crippen molar-refractivity contribution in [2.24, 2.45) is 0 Å². The summed E-state index contributed by atoms with van der Waals surface area (Å²) in [4.78, 5) is 45.2. The van der Waals surface area contributed by atoms with Crippen LogP contribution in [0.15, 0.2) is 11.4 Å². The van der Waals surface area contributed by atoms with Gasteiger partial charge in [0.05, 0.1) is 12.8 Å². The number of thiophene rings is 1. The third kappa shape index (κ3) is 14.2. The van der Waals surface area contributed by atoms with Crippen LogP contribution in [-0.2, 0) is 23.7 Å². The lowest BCUT2D eigenvalue weighted by Crippen LogP contribution is -2.29. The van der Waals surface area contributed by atoms with Crippen molar-refractivity contribution in [1.29, 1.82) is 0 Å². The number of hydrogen-bond acceptors (Lipinski definition) is 10. The minimum atomic E-state index is -1.06. The highest BCUT2D eigenvalue weighted by Gasteiger charge is 2.24. The summed E-state index contributed by atoms with van der Waals surface area (Å²) in [6, 6.07) is 1.63. The van der Waals surface area contributed by atoms with E-state index in [-0.39, 0.29) is 0 Å². The van der Waals surface area contributed by atoms with E-state index in [1.54, 1.807) is 73.8 Å². The van der Waals surface area contributed by atoms with Crippen LogP contribution in [0.4, 0.5) is 20.1 Å². The number of hydrogen-bond donors (Lipinski definition) is 1. The lowest BCUT2D eigenvalue weighted by Gasteiger charge is -2.20. The Balaban J connectivity index is 0.000000607. The van der Waals surface area contributed by atoms with Crippen LogP contribution in [0.1, 0.15) is 72.0 Å². The zero-order chi connectivity index (χ0) is 25.3. The smallest absolute Gasteiger partial charge is 0.465 e. The average molecular weight is 476 g/mol. The number of anilines is 1. The molecule has 11 heteroatoms. The summed E-state index contributed by atoms with van der Waals surface area (Å²) >= 11 is 1.20. The van der Waals surface area contributed by atoms with Gasteiger partial charge < -0.3 is 23.7 Å². The van der Waals surface area contributed by atoms with Gasteiger partial charge in [0.15, 0.2) is 0 Å². The maximum atomic E-state index is 11.5. The van der Waals surface area contributed by atoms with Crippen molar-refractivity contribution in [3.8, 4) is 0 Å². The Morgan fingerprint density at radius 1 is 0.781 bits per heavy atom. The van der Waals surface area contributed by atoms with Crippen molar-refractivity contribution in [2.75, 3.05) is 12.4 Å². The molecule has 1 aromatic rings. The summed E-state index contributed by atoms with van der Waals surface area (Å²) in [6.45, 7) is 15.3. The maximum absolute atomic E-state index is 11.5. The Labute approximate surface area is 192 Å². The molecule has 1 aromatic heterocycles. The zero-order valence-electron chi connectivity index (χ0n) is 20.2. The molecule has 0 saturated carbocycles. The fourth-order valence-electron chi connectivity index (χ4n) is 1.68. The number of nitrogens with one attached hydrogen (secondary N) is 1. The summed E-state index contributed by atoms with van der Waals surface area (Å²) in [5.41, 5.74) is -1.57. The number of rotatable bonds is 2. The van der Waals surface area contributed by atoms with E-state index >= 15 is 0 Å². The summed E-state index contributed by atoms with van der Waals surface area (Å²) in [6.07, 6.45) is -2.71. The summed E-state index contributed by atoms with van der Waals surface area (Å²) in [7, 11) is 1.29. The molecular weight excluding hydrogens is 442 g/mol. The van der Waals surface area contributed by atoms with Crippen LogP contribution < -0.4 is 5.32 Å². The zero-order valence-corrected chi connectivity index (χ0v) is 21.1. The highest BCUT2D eigenvalue weighted by atomic mass is 32.1. The number of carbonyl (C=O) groups excluding carboxylic acids is 4. The molecule has 1 N–H and O–H groups in total. The van der Waals surface area contributed by atoms with Crippen LogP contribution in [0.25, 0.3) is 0 Å². The number of ether oxygens (including phenoxy) is 5. The van der Waals surface area contributed by atoms with Gasteiger partial charge in [-0.15, -0.1) is 11.3 Å². The Hall–Kier alpha value is -2.82. The van der Waals surface area contributed by atoms with Gasteiger partial charge in [0, 0.05) is 0 Å². The van der Waals surface area contributed by atoms with E-state index in [9.17, 15) is 19.2 Å². The van der Waals surface area contributed by atoms with Gasteiger partial charge in [-0.3, -0.25) is 5.32 Å². The molecule has 1 rings (SSSR count). The standard InChI is InChI=1S/C11H15NO4S.C10H18O5/c1-11(2,3)16-10(14)12-7-5-6-17-8(7)9(13)15-4;1-9(2,3)14-7(11)13-8(12)15-10(4,5)6/h5-6H,1-4H3,(H,12,14);1-6H3. The van der Waals surface area contributed by atoms with Gasteiger partial charge in [0.25, 0.3) is 0 Å². The first-order chi connectivity index (χ1) is 14.3. The molecule has 10 nitrogen and oxygen atoms in total. The fraction of sp³-hybridized carbons (Fsp3) is 0.619. The van der Waals surface area contributed by atoms with Gasteiger partial charge >= 0.3 is 24.4 Å². The van der Waals surface area contributed by atoms with E-state index in [1.165, 1.54) is 18.4 Å². The highest BCUT2D eigenvalue weighted by molar-refractivity contribution is 7.12. The monoisotopic (exact) mass is 475 g/mol. The number of methoxy groups -OCH3 is 1. The second kappa shape index (κ2) is 11.7. The molecular formula is C21H33NO9S. The first-order valence-electron chi connectivity index (χ1n) is 9.62. The third-order valence-corrected chi connectivity index (χ3v) is 3.51. The molecule has 0 aliphatic carbocycles. The predicted octanol–water partition coefficient (Wildman–Crippen LogP) is 5.75. The molecule has 182 valence electrons. The minimum Gasteiger partial charge on any atom is -0.465 e. The molecule has 0 aliphatic heterocycles. The summed E-state index contributed by atoms with van der Waals surface area (Å²) in [5, 5.41) is 4.20. The molecule has 0 radical (unpaired) electrons. The average Bonchev–Trinajstić information content (AvgIpc) is 2.96. The van der Waals surface area contributed by atoms with Gasteiger partial charge in [-0.05, 0) is 73.8 Å². The third-order valence-electron chi connectivity index (χ3n) is 2.62. The van der Waals surface area contributed by atoms with Gasteiger partial charge in [-0.2, -0.15) is 0 Å². The SMILES string of the molecule is CC(C)(C)OC(=O)OC(=O)OC(C)(C)C.COC(=O)c1sccc1NC(=O)OC(C)(C)C. The Morgan fingerprint density at radius 2 is 1.22 bits per heavy atom. The van der Waals surface area contributed by atoms with E-state index in [0.29, 0.717) is 10.6 Å². The molecule has 0 atom stereocenters. The fourth-order valence-corrected chi connectivity index (χ4v) is 2.45. The molecule has 32 heavy (non-hydrogen) atoms. The van der Waals surface area contributed by atoms with E-state index < -0.39 is 41.2 Å². The molecule has 0 aliphatic rings. The molecule has 0 bridgehead atoms. The predicted molar refractivity (Wildman–Crippen MR) is 119 cm³/mol. The first kappa shape index (κ1) is 29.2. The van der Waals surface area contributed by atoms with Crippen LogP contribution in [0.3, 0.4) is 0 Å². The lowest BCUT2D eigenvalue weighted by molar-refractivity contribution is -0.0294. The van der Waals surface area contributed by atoms with Gasteiger partial charge in [0.1, 0.15) is 21.7 Å². The van der Waals surface area contributed by atoms with Crippen LogP contribution in [0.5, 0.6) is 0 Å². The quantitative estimate of drug-likeness (QED) is 0.323. The number of amides is 1. The largest absolute Gasteiger partial charge is 0.519 e. The molecule has 0 spiro atoms. The van der Waals surface area contributed by atoms with Gasteiger partial charge in [-0.25, -0.2) is 19.2 Å². The van der Waals surface area contributed by atoms with Crippen molar-refractivity contribution in [2.45, 2.75) is 79.1 Å². The summed E-state index contributed by atoms with van der Waals surface area (Å²) in [5.74, 6) is -0.481. The Kier molecular flexibility index (Phi) is 10.7. The highest BCUT2D eigenvalue weighted by Crippen LogP contribution is 2.23. The van der Waals surface area contributed by atoms with E-state index in [0.717, 1.165) is 0 Å². The van der Waals surface area contributed by atoms with E-state index in [1.807, 2.05) is 0 Å².